The average molecular weight is 810 g/mol. The van der Waals surface area contributed by atoms with Gasteiger partial charge >= 0.3 is 0 Å². The number of benzene rings is 8. The zero-order valence-electron chi connectivity index (χ0n) is 36.2. The number of hydrogen-bond acceptors (Lipinski definition) is 1. The standard InChI is InChI=1S/C62H51N/c1-60(2)54-18-7-3-14-48(54)52-28-26-46(34-58(52)60)63(45-13-11-12-43(33-45)42-22-24-44(25-23-42)61-36-39-30-40(37-61)32-41(31-39)38-61)47-27-29-53-51-17-6-10-21-57(51)62(59(53)35-47)55-19-8-4-15-49(55)50-16-5-9-20-56(50)62/h3-29,33-35,39-41H,30-32,36-38H2,1-2H3. The highest BCUT2D eigenvalue weighted by Crippen LogP contribution is 2.64. The molecule has 1 nitrogen and oxygen atoms in total. The molecule has 7 aliphatic carbocycles. The molecule has 7 aliphatic rings. The van der Waals surface area contributed by atoms with Crippen molar-refractivity contribution < 1.29 is 0 Å². The SMILES string of the molecule is CC1(C)c2ccccc2-c2ccc(N(c3cccc(-c4ccc(C56CC7CC(CC(C7)C5)C6)cc4)c3)c3ccc4c(c3)C3(c5ccccc5-c5ccccc53)c3ccccc3-4)cc21. The van der Waals surface area contributed by atoms with Crippen molar-refractivity contribution in [2.75, 3.05) is 4.90 Å². The minimum Gasteiger partial charge on any atom is -0.310 e. The lowest BCUT2D eigenvalue weighted by molar-refractivity contribution is -0.00518. The summed E-state index contributed by atoms with van der Waals surface area (Å²) in [7, 11) is 0. The highest BCUT2D eigenvalue weighted by atomic mass is 15.1. The zero-order chi connectivity index (χ0) is 41.7. The molecule has 1 spiro atoms. The number of fused-ring (bicyclic) bond motifs is 13. The second kappa shape index (κ2) is 12.8. The van der Waals surface area contributed by atoms with E-state index in [2.05, 4.69) is 201 Å². The van der Waals surface area contributed by atoms with Crippen molar-refractivity contribution in [3.63, 3.8) is 0 Å². The Balaban J connectivity index is 0.943. The quantitative estimate of drug-likeness (QED) is 0.167. The molecule has 0 unspecified atom stereocenters. The Morgan fingerprint density at radius 2 is 0.810 bits per heavy atom. The molecular formula is C62H51N. The van der Waals surface area contributed by atoms with E-state index in [1.807, 2.05) is 0 Å². The molecular weight excluding hydrogens is 759 g/mol. The van der Waals surface area contributed by atoms with E-state index in [1.165, 1.54) is 133 Å². The van der Waals surface area contributed by atoms with E-state index in [-0.39, 0.29) is 5.41 Å². The number of hydrogen-bond donors (Lipinski definition) is 0. The van der Waals surface area contributed by atoms with Gasteiger partial charge in [0.1, 0.15) is 0 Å². The van der Waals surface area contributed by atoms with Gasteiger partial charge in [-0.15, -0.1) is 0 Å². The Hall–Kier alpha value is -6.44. The van der Waals surface area contributed by atoms with E-state index >= 15 is 0 Å². The predicted molar refractivity (Wildman–Crippen MR) is 260 cm³/mol. The first-order valence-electron chi connectivity index (χ1n) is 23.6. The van der Waals surface area contributed by atoms with Crippen LogP contribution in [0.25, 0.3) is 44.5 Å². The van der Waals surface area contributed by atoms with Crippen molar-refractivity contribution in [3.05, 3.63) is 221 Å². The molecule has 0 saturated heterocycles. The van der Waals surface area contributed by atoms with Crippen molar-refractivity contribution in [2.45, 2.75) is 68.6 Å². The summed E-state index contributed by atoms with van der Waals surface area (Å²) in [6.45, 7) is 4.79. The number of anilines is 3. The fourth-order valence-corrected chi connectivity index (χ4v) is 14.8. The van der Waals surface area contributed by atoms with Gasteiger partial charge in [-0.25, -0.2) is 0 Å². The maximum atomic E-state index is 2.54. The van der Waals surface area contributed by atoms with E-state index in [4.69, 9.17) is 0 Å². The summed E-state index contributed by atoms with van der Waals surface area (Å²) in [5.41, 5.74) is 23.8. The fourth-order valence-electron chi connectivity index (χ4n) is 14.8. The Morgan fingerprint density at radius 3 is 1.37 bits per heavy atom. The third-order valence-corrected chi connectivity index (χ3v) is 17.0. The molecule has 8 aromatic carbocycles. The molecule has 0 N–H and O–H groups in total. The molecule has 4 fully saturated rings. The van der Waals surface area contributed by atoms with Gasteiger partial charge in [-0.05, 0) is 182 Å². The summed E-state index contributed by atoms with van der Waals surface area (Å²) < 4.78 is 0. The first-order chi connectivity index (χ1) is 30.9. The smallest absolute Gasteiger partial charge is 0.0726 e. The van der Waals surface area contributed by atoms with Crippen LogP contribution in [-0.4, -0.2) is 0 Å². The highest BCUT2D eigenvalue weighted by molar-refractivity contribution is 5.96. The molecule has 0 radical (unpaired) electrons. The molecule has 4 bridgehead atoms. The van der Waals surface area contributed by atoms with Crippen LogP contribution >= 0.6 is 0 Å². The Kier molecular flexibility index (Phi) is 7.35. The van der Waals surface area contributed by atoms with Gasteiger partial charge in [0.05, 0.1) is 5.41 Å². The summed E-state index contributed by atoms with van der Waals surface area (Å²) in [5, 5.41) is 0. The summed E-state index contributed by atoms with van der Waals surface area (Å²) >= 11 is 0. The van der Waals surface area contributed by atoms with Crippen molar-refractivity contribution in [1.82, 2.24) is 0 Å². The third kappa shape index (κ3) is 4.89. The minimum absolute atomic E-state index is 0.116. The molecule has 0 heterocycles. The Bertz CT molecular complexity index is 3100. The van der Waals surface area contributed by atoms with Crippen molar-refractivity contribution in [1.29, 1.82) is 0 Å². The molecule has 0 aliphatic heterocycles. The largest absolute Gasteiger partial charge is 0.310 e. The Labute approximate surface area is 372 Å². The topological polar surface area (TPSA) is 3.24 Å². The van der Waals surface area contributed by atoms with Crippen molar-refractivity contribution in [3.8, 4) is 44.5 Å². The van der Waals surface area contributed by atoms with Gasteiger partial charge in [0.2, 0.25) is 0 Å². The number of rotatable bonds is 5. The lowest BCUT2D eigenvalue weighted by atomic mass is 9.48. The lowest BCUT2D eigenvalue weighted by Gasteiger charge is -2.57. The predicted octanol–water partition coefficient (Wildman–Crippen LogP) is 15.9. The summed E-state index contributed by atoms with van der Waals surface area (Å²) in [4.78, 5) is 2.54. The van der Waals surface area contributed by atoms with Crippen LogP contribution in [0, 0.1) is 17.8 Å². The first-order valence-corrected chi connectivity index (χ1v) is 23.6. The van der Waals surface area contributed by atoms with E-state index in [0.717, 1.165) is 17.8 Å². The summed E-state index contributed by atoms with van der Waals surface area (Å²) in [6, 6.07) is 70.2. The minimum atomic E-state index is -0.414. The molecule has 15 rings (SSSR count). The third-order valence-electron chi connectivity index (χ3n) is 17.0. The maximum Gasteiger partial charge on any atom is 0.0726 e. The zero-order valence-corrected chi connectivity index (χ0v) is 36.2. The van der Waals surface area contributed by atoms with Crippen LogP contribution in [0.1, 0.15) is 91.3 Å². The molecule has 0 amide bonds. The monoisotopic (exact) mass is 809 g/mol. The van der Waals surface area contributed by atoms with Gasteiger partial charge in [0.25, 0.3) is 0 Å². The van der Waals surface area contributed by atoms with Crippen LogP contribution in [0.2, 0.25) is 0 Å². The van der Waals surface area contributed by atoms with E-state index in [0.29, 0.717) is 5.41 Å². The van der Waals surface area contributed by atoms with E-state index < -0.39 is 5.41 Å². The molecule has 63 heavy (non-hydrogen) atoms. The van der Waals surface area contributed by atoms with Gasteiger partial charge in [-0.3, -0.25) is 0 Å². The van der Waals surface area contributed by atoms with Crippen LogP contribution in [0.15, 0.2) is 182 Å². The van der Waals surface area contributed by atoms with Gasteiger partial charge < -0.3 is 4.90 Å². The van der Waals surface area contributed by atoms with Crippen LogP contribution in [-0.2, 0) is 16.2 Å². The fraction of sp³-hybridized carbons (Fsp3) is 0.226. The van der Waals surface area contributed by atoms with Crippen LogP contribution in [0.3, 0.4) is 0 Å². The second-order valence-corrected chi connectivity index (χ2v) is 20.7. The van der Waals surface area contributed by atoms with E-state index in [1.54, 1.807) is 5.56 Å². The maximum absolute atomic E-state index is 2.54. The van der Waals surface area contributed by atoms with Crippen molar-refractivity contribution in [2.24, 2.45) is 17.8 Å². The highest BCUT2D eigenvalue weighted by Gasteiger charge is 2.53. The van der Waals surface area contributed by atoms with Gasteiger partial charge in [-0.2, -0.15) is 0 Å². The molecule has 1 heteroatoms. The normalized spacial score (nSPS) is 22.9. The van der Waals surface area contributed by atoms with Gasteiger partial charge in [0.15, 0.2) is 0 Å². The summed E-state index contributed by atoms with van der Waals surface area (Å²) in [5.74, 6) is 2.83. The lowest BCUT2D eigenvalue weighted by Crippen LogP contribution is -2.48. The van der Waals surface area contributed by atoms with Crippen LogP contribution in [0.4, 0.5) is 17.1 Å². The first kappa shape index (κ1) is 36.1. The molecule has 0 aromatic heterocycles. The molecule has 4 saturated carbocycles. The van der Waals surface area contributed by atoms with Gasteiger partial charge in [-0.1, -0.05) is 159 Å². The van der Waals surface area contributed by atoms with Crippen LogP contribution < -0.4 is 4.90 Å². The second-order valence-electron chi connectivity index (χ2n) is 20.7. The number of nitrogens with zero attached hydrogens (tertiary/aromatic N) is 1. The average Bonchev–Trinajstić information content (AvgIpc) is 3.87. The van der Waals surface area contributed by atoms with E-state index in [9.17, 15) is 0 Å². The molecule has 8 aromatic rings. The van der Waals surface area contributed by atoms with Crippen LogP contribution in [0.5, 0.6) is 0 Å². The Morgan fingerprint density at radius 1 is 0.365 bits per heavy atom. The molecule has 0 atom stereocenters. The van der Waals surface area contributed by atoms with Crippen molar-refractivity contribution >= 4 is 17.1 Å². The summed E-state index contributed by atoms with van der Waals surface area (Å²) in [6.07, 6.45) is 8.64. The van der Waals surface area contributed by atoms with Gasteiger partial charge in [0, 0.05) is 22.5 Å². The molecule has 304 valence electrons.